The van der Waals surface area contributed by atoms with Gasteiger partial charge in [0.2, 0.25) is 5.91 Å². The number of nitrogens with zero attached hydrogens (tertiary/aromatic N) is 2. The minimum Gasteiger partial charge on any atom is -0.396 e. The largest absolute Gasteiger partial charge is 0.396 e. The molecule has 0 aliphatic heterocycles. The molecule has 1 amide bonds. The molecule has 0 bridgehead atoms. The van der Waals surface area contributed by atoms with Gasteiger partial charge >= 0.3 is 0 Å². The highest BCUT2D eigenvalue weighted by Gasteiger charge is 2.07. The number of rotatable bonds is 4. The average Bonchev–Trinajstić information content (AvgIpc) is 2.78. The maximum Gasteiger partial charge on any atom is 0.241 e. The van der Waals surface area contributed by atoms with Crippen LogP contribution in [0.2, 0.25) is 0 Å². The van der Waals surface area contributed by atoms with Crippen LogP contribution in [-0.4, -0.2) is 15.7 Å². The zero-order valence-electron chi connectivity index (χ0n) is 11.5. The summed E-state index contributed by atoms with van der Waals surface area (Å²) in [6.45, 7) is 3.88. The predicted molar refractivity (Wildman–Crippen MR) is 74.4 cm³/mol. The summed E-state index contributed by atoms with van der Waals surface area (Å²) >= 11 is 0. The van der Waals surface area contributed by atoms with E-state index in [-0.39, 0.29) is 18.3 Å². The molecule has 2 rings (SSSR count). The fourth-order valence-electron chi connectivity index (χ4n) is 2.01. The van der Waals surface area contributed by atoms with Gasteiger partial charge in [0.15, 0.2) is 0 Å². The first-order chi connectivity index (χ1) is 9.45. The molecule has 0 fully saturated rings. The Morgan fingerprint density at radius 1 is 1.40 bits per heavy atom. The molecule has 0 atom stereocenters. The van der Waals surface area contributed by atoms with Crippen molar-refractivity contribution in [3.8, 4) is 0 Å². The number of aryl methyl sites for hydroxylation is 2. The van der Waals surface area contributed by atoms with Crippen molar-refractivity contribution < 1.29 is 9.18 Å². The van der Waals surface area contributed by atoms with Gasteiger partial charge in [-0.3, -0.25) is 9.48 Å². The van der Waals surface area contributed by atoms with E-state index >= 15 is 0 Å². The minimum absolute atomic E-state index is 0.107. The molecule has 5 nitrogen and oxygen atoms in total. The molecule has 1 heterocycles. The van der Waals surface area contributed by atoms with E-state index in [4.69, 9.17) is 5.73 Å². The summed E-state index contributed by atoms with van der Waals surface area (Å²) in [5.74, 6) is -0.375. The van der Waals surface area contributed by atoms with Crippen LogP contribution in [0.3, 0.4) is 0 Å². The number of nitrogen functional groups attached to an aromatic ring is 1. The molecule has 0 radical (unpaired) electrons. The molecule has 1 aromatic carbocycles. The van der Waals surface area contributed by atoms with Crippen LogP contribution in [0.15, 0.2) is 24.5 Å². The van der Waals surface area contributed by atoms with E-state index in [0.717, 1.165) is 5.56 Å². The third-order valence-electron chi connectivity index (χ3n) is 2.94. The summed E-state index contributed by atoms with van der Waals surface area (Å²) in [4.78, 5) is 11.7. The zero-order chi connectivity index (χ0) is 14.7. The van der Waals surface area contributed by atoms with Crippen LogP contribution < -0.4 is 11.1 Å². The van der Waals surface area contributed by atoms with Gasteiger partial charge in [-0.15, -0.1) is 0 Å². The van der Waals surface area contributed by atoms with Crippen molar-refractivity contribution in [3.05, 3.63) is 47.0 Å². The van der Waals surface area contributed by atoms with Gasteiger partial charge in [0.1, 0.15) is 12.4 Å². The molecule has 106 valence electrons. The summed E-state index contributed by atoms with van der Waals surface area (Å²) in [5.41, 5.74) is 8.06. The molecule has 0 saturated heterocycles. The normalized spacial score (nSPS) is 10.6. The first-order valence-electron chi connectivity index (χ1n) is 6.26. The first-order valence-corrected chi connectivity index (χ1v) is 6.26. The monoisotopic (exact) mass is 276 g/mol. The lowest BCUT2D eigenvalue weighted by Gasteiger charge is -2.08. The van der Waals surface area contributed by atoms with Gasteiger partial charge in [-0.2, -0.15) is 5.10 Å². The Morgan fingerprint density at radius 3 is 2.60 bits per heavy atom. The smallest absolute Gasteiger partial charge is 0.241 e. The molecular weight excluding hydrogens is 259 g/mol. The molecule has 6 heteroatoms. The van der Waals surface area contributed by atoms with Crippen molar-refractivity contribution in [2.45, 2.75) is 26.9 Å². The Bertz CT molecular complexity index is 613. The number of carbonyl (C=O) groups excluding carboxylic acids is 1. The van der Waals surface area contributed by atoms with Gasteiger partial charge in [-0.25, -0.2) is 4.39 Å². The van der Waals surface area contributed by atoms with Crippen LogP contribution in [-0.2, 0) is 17.9 Å². The number of hydrogen-bond donors (Lipinski definition) is 2. The lowest BCUT2D eigenvalue weighted by atomic mass is 10.1. The van der Waals surface area contributed by atoms with E-state index in [0.29, 0.717) is 23.4 Å². The third kappa shape index (κ3) is 3.34. The Hall–Kier alpha value is -2.37. The first kappa shape index (κ1) is 14.0. The lowest BCUT2D eigenvalue weighted by Crippen LogP contribution is -2.27. The topological polar surface area (TPSA) is 72.9 Å². The summed E-state index contributed by atoms with van der Waals surface area (Å²) in [6.07, 6.45) is 3.08. The number of anilines is 1. The second-order valence-corrected chi connectivity index (χ2v) is 4.79. The highest BCUT2D eigenvalue weighted by molar-refractivity contribution is 5.75. The van der Waals surface area contributed by atoms with Gasteiger partial charge in [-0.1, -0.05) is 12.1 Å². The standard InChI is InChI=1S/C14H17FN4O/c1-9-3-11(4-10(2)14(9)15)5-17-13(20)8-19-7-12(16)6-18-19/h3-4,6-7H,5,8,16H2,1-2H3,(H,17,20). The van der Waals surface area contributed by atoms with Crippen molar-refractivity contribution >= 4 is 11.6 Å². The molecule has 20 heavy (non-hydrogen) atoms. The second-order valence-electron chi connectivity index (χ2n) is 4.79. The van der Waals surface area contributed by atoms with E-state index in [1.807, 2.05) is 0 Å². The van der Waals surface area contributed by atoms with Gasteiger partial charge in [0, 0.05) is 12.7 Å². The van der Waals surface area contributed by atoms with E-state index in [2.05, 4.69) is 10.4 Å². The molecular formula is C14H17FN4O. The molecule has 2 aromatic rings. The maximum atomic E-state index is 13.5. The van der Waals surface area contributed by atoms with Crippen molar-refractivity contribution in [2.75, 3.05) is 5.73 Å². The summed E-state index contributed by atoms with van der Waals surface area (Å²) in [7, 11) is 0. The number of carbonyl (C=O) groups is 1. The van der Waals surface area contributed by atoms with Crippen molar-refractivity contribution in [1.82, 2.24) is 15.1 Å². The Morgan fingerprint density at radius 2 is 2.05 bits per heavy atom. The second kappa shape index (κ2) is 5.73. The van der Waals surface area contributed by atoms with Crippen molar-refractivity contribution in [1.29, 1.82) is 0 Å². The van der Waals surface area contributed by atoms with Crippen LogP contribution in [0.25, 0.3) is 0 Å². The van der Waals surface area contributed by atoms with Gasteiger partial charge in [-0.05, 0) is 30.5 Å². The number of amides is 1. The molecule has 0 unspecified atom stereocenters. The van der Waals surface area contributed by atoms with Crippen molar-refractivity contribution in [2.24, 2.45) is 0 Å². The van der Waals surface area contributed by atoms with E-state index < -0.39 is 0 Å². The van der Waals surface area contributed by atoms with Gasteiger partial charge in [0.25, 0.3) is 0 Å². The summed E-state index contributed by atoms with van der Waals surface area (Å²) < 4.78 is 15.0. The highest BCUT2D eigenvalue weighted by Crippen LogP contribution is 2.14. The maximum absolute atomic E-state index is 13.5. The number of aromatic nitrogens is 2. The molecule has 0 saturated carbocycles. The van der Waals surface area contributed by atoms with Crippen molar-refractivity contribution in [3.63, 3.8) is 0 Å². The molecule has 3 N–H and O–H groups in total. The van der Waals surface area contributed by atoms with Crippen LogP contribution in [0.5, 0.6) is 0 Å². The number of nitrogens with one attached hydrogen (secondary N) is 1. The van der Waals surface area contributed by atoms with Crippen LogP contribution in [0, 0.1) is 19.7 Å². The number of nitrogens with two attached hydrogens (primary N) is 1. The van der Waals surface area contributed by atoms with E-state index in [9.17, 15) is 9.18 Å². The highest BCUT2D eigenvalue weighted by atomic mass is 19.1. The van der Waals surface area contributed by atoms with E-state index in [1.165, 1.54) is 10.9 Å². The van der Waals surface area contributed by atoms with Crippen LogP contribution in [0.4, 0.5) is 10.1 Å². The SMILES string of the molecule is Cc1cc(CNC(=O)Cn2cc(N)cn2)cc(C)c1F. The predicted octanol–water partition coefficient (Wildman–Crippen LogP) is 1.54. The average molecular weight is 276 g/mol. The van der Waals surface area contributed by atoms with Gasteiger partial charge in [0.05, 0.1) is 11.9 Å². The molecule has 1 aromatic heterocycles. The van der Waals surface area contributed by atoms with Gasteiger partial charge < -0.3 is 11.1 Å². The Labute approximate surface area is 116 Å². The van der Waals surface area contributed by atoms with Crippen LogP contribution in [0.1, 0.15) is 16.7 Å². The Balaban J connectivity index is 1.93. The molecule has 0 aliphatic rings. The lowest BCUT2D eigenvalue weighted by molar-refractivity contribution is -0.122. The minimum atomic E-state index is -0.202. The number of hydrogen-bond acceptors (Lipinski definition) is 3. The van der Waals surface area contributed by atoms with E-state index in [1.54, 1.807) is 32.2 Å². The summed E-state index contributed by atoms with van der Waals surface area (Å²) in [5, 5.41) is 6.70. The third-order valence-corrected chi connectivity index (χ3v) is 2.94. The molecule has 0 spiro atoms. The number of halogens is 1. The summed E-state index contributed by atoms with van der Waals surface area (Å²) in [6, 6.07) is 3.46. The van der Waals surface area contributed by atoms with Crippen LogP contribution >= 0.6 is 0 Å². The molecule has 0 aliphatic carbocycles. The fraction of sp³-hybridized carbons (Fsp3) is 0.286. The Kier molecular flexibility index (Phi) is 4.02. The quantitative estimate of drug-likeness (QED) is 0.889. The number of benzene rings is 1. The zero-order valence-corrected chi connectivity index (χ0v) is 11.5. The fourth-order valence-corrected chi connectivity index (χ4v) is 2.01.